The number of hydrogen-bond acceptors (Lipinski definition) is 5. The third-order valence-electron chi connectivity index (χ3n) is 3.64. The maximum atomic E-state index is 12.9. The molecule has 1 saturated heterocycles. The van der Waals surface area contributed by atoms with Crippen LogP contribution in [0.5, 0.6) is 0 Å². The highest BCUT2D eigenvalue weighted by Crippen LogP contribution is 2.28. The summed E-state index contributed by atoms with van der Waals surface area (Å²) >= 11 is 5.88. The number of aromatic nitrogens is 3. The second-order valence-corrected chi connectivity index (χ2v) is 7.40. The van der Waals surface area contributed by atoms with Crippen LogP contribution in [0.2, 0.25) is 5.02 Å². The number of imidazole rings is 1. The molecule has 1 fully saturated rings. The zero-order valence-electron chi connectivity index (χ0n) is 12.0. The van der Waals surface area contributed by atoms with E-state index in [1.807, 2.05) is 11.6 Å². The second kappa shape index (κ2) is 5.96. The molecule has 2 aromatic rings. The summed E-state index contributed by atoms with van der Waals surface area (Å²) in [5, 5.41) is 3.51. The normalized spacial score (nSPS) is 20.2. The molecule has 0 aliphatic carbocycles. The number of nitrogens with zero attached hydrogens (tertiary/aromatic N) is 4. The van der Waals surface area contributed by atoms with Crippen molar-refractivity contribution in [1.82, 2.24) is 24.2 Å². The van der Waals surface area contributed by atoms with E-state index in [1.165, 1.54) is 22.8 Å². The average Bonchev–Trinajstić information content (AvgIpc) is 2.93. The molecule has 0 aromatic carbocycles. The smallest absolute Gasteiger partial charge is 0.245 e. The number of sulfonamides is 1. The van der Waals surface area contributed by atoms with Crippen molar-refractivity contribution in [2.45, 2.75) is 10.9 Å². The SMILES string of the molecule is Cn1ccnc1C1CNCCN1S(=O)(=O)c1cncc(Cl)c1. The van der Waals surface area contributed by atoms with E-state index in [4.69, 9.17) is 11.6 Å². The first-order valence-corrected chi connectivity index (χ1v) is 8.62. The van der Waals surface area contributed by atoms with Crippen molar-refractivity contribution in [1.29, 1.82) is 0 Å². The van der Waals surface area contributed by atoms with Gasteiger partial charge < -0.3 is 9.88 Å². The van der Waals surface area contributed by atoms with Gasteiger partial charge in [0, 0.05) is 51.5 Å². The van der Waals surface area contributed by atoms with Crippen LogP contribution in [-0.2, 0) is 17.1 Å². The molecule has 2 aromatic heterocycles. The Kier molecular flexibility index (Phi) is 4.18. The van der Waals surface area contributed by atoms with Crippen molar-refractivity contribution in [2.24, 2.45) is 7.05 Å². The summed E-state index contributed by atoms with van der Waals surface area (Å²) in [5.41, 5.74) is 0. The van der Waals surface area contributed by atoms with Crippen LogP contribution >= 0.6 is 11.6 Å². The summed E-state index contributed by atoms with van der Waals surface area (Å²) in [7, 11) is -1.83. The molecule has 22 heavy (non-hydrogen) atoms. The van der Waals surface area contributed by atoms with Gasteiger partial charge in [0.05, 0.1) is 11.1 Å². The molecule has 1 aliphatic rings. The molecule has 7 nitrogen and oxygen atoms in total. The zero-order chi connectivity index (χ0) is 15.7. The van der Waals surface area contributed by atoms with Gasteiger partial charge in [-0.3, -0.25) is 4.98 Å². The lowest BCUT2D eigenvalue weighted by molar-refractivity contribution is 0.258. The van der Waals surface area contributed by atoms with Crippen molar-refractivity contribution in [3.8, 4) is 0 Å². The highest BCUT2D eigenvalue weighted by Gasteiger charge is 2.36. The Balaban J connectivity index is 2.02. The van der Waals surface area contributed by atoms with Crippen LogP contribution in [-0.4, -0.2) is 46.9 Å². The Morgan fingerprint density at radius 3 is 2.91 bits per heavy atom. The monoisotopic (exact) mass is 341 g/mol. The molecular formula is C13H16ClN5O2S. The molecule has 1 N–H and O–H groups in total. The van der Waals surface area contributed by atoms with Crippen LogP contribution in [0.4, 0.5) is 0 Å². The summed E-state index contributed by atoms with van der Waals surface area (Å²) in [4.78, 5) is 8.26. The molecule has 0 radical (unpaired) electrons. The van der Waals surface area contributed by atoms with Gasteiger partial charge in [-0.2, -0.15) is 4.31 Å². The van der Waals surface area contributed by atoms with Gasteiger partial charge in [-0.25, -0.2) is 13.4 Å². The van der Waals surface area contributed by atoms with Crippen LogP contribution < -0.4 is 5.32 Å². The molecule has 0 bridgehead atoms. The molecule has 3 heterocycles. The first kappa shape index (κ1) is 15.4. The third-order valence-corrected chi connectivity index (χ3v) is 5.72. The van der Waals surface area contributed by atoms with Crippen molar-refractivity contribution < 1.29 is 8.42 Å². The number of hydrogen-bond donors (Lipinski definition) is 1. The molecule has 1 atom stereocenters. The minimum absolute atomic E-state index is 0.0982. The van der Waals surface area contributed by atoms with Gasteiger partial charge in [-0.1, -0.05) is 11.6 Å². The molecule has 0 amide bonds. The van der Waals surface area contributed by atoms with Crippen molar-refractivity contribution in [3.05, 3.63) is 41.7 Å². The number of pyridine rings is 1. The molecule has 118 valence electrons. The van der Waals surface area contributed by atoms with Crippen molar-refractivity contribution in [3.63, 3.8) is 0 Å². The average molecular weight is 342 g/mol. The van der Waals surface area contributed by atoms with Gasteiger partial charge in [0.2, 0.25) is 10.0 Å². The van der Waals surface area contributed by atoms with Crippen LogP contribution in [0.1, 0.15) is 11.9 Å². The Morgan fingerprint density at radius 2 is 2.23 bits per heavy atom. The molecular weight excluding hydrogens is 326 g/mol. The second-order valence-electron chi connectivity index (χ2n) is 5.07. The van der Waals surface area contributed by atoms with E-state index < -0.39 is 10.0 Å². The minimum atomic E-state index is -3.68. The number of piperazine rings is 1. The molecule has 0 saturated carbocycles. The third kappa shape index (κ3) is 2.74. The van der Waals surface area contributed by atoms with Gasteiger partial charge in [-0.05, 0) is 6.07 Å². The number of halogens is 1. The van der Waals surface area contributed by atoms with Gasteiger partial charge in [0.1, 0.15) is 10.7 Å². The van der Waals surface area contributed by atoms with Gasteiger partial charge in [0.25, 0.3) is 0 Å². The van der Waals surface area contributed by atoms with E-state index in [0.717, 1.165) is 0 Å². The van der Waals surface area contributed by atoms with Gasteiger partial charge in [-0.15, -0.1) is 0 Å². The molecule has 0 spiro atoms. The first-order chi connectivity index (χ1) is 10.5. The van der Waals surface area contributed by atoms with Crippen molar-refractivity contribution in [2.75, 3.05) is 19.6 Å². The van der Waals surface area contributed by atoms with E-state index in [-0.39, 0.29) is 10.9 Å². The molecule has 9 heteroatoms. The predicted molar refractivity (Wildman–Crippen MR) is 82.0 cm³/mol. The lowest BCUT2D eigenvalue weighted by Gasteiger charge is -2.34. The Labute approximate surface area is 134 Å². The summed E-state index contributed by atoms with van der Waals surface area (Å²) in [6.07, 6.45) is 6.19. The standard InChI is InChI=1S/C13H16ClN5O2S/c1-18-4-3-17-13(18)12-9-15-2-5-19(12)22(20,21)11-6-10(14)7-16-8-11/h3-4,6-8,12,15H,2,5,9H2,1H3. The van der Waals surface area contributed by atoms with Crippen LogP contribution in [0.25, 0.3) is 0 Å². The molecule has 1 aliphatic heterocycles. The molecule has 3 rings (SSSR count). The predicted octanol–water partition coefficient (Wildman–Crippen LogP) is 0.804. The summed E-state index contributed by atoms with van der Waals surface area (Å²) in [6, 6.07) is 1.05. The fourth-order valence-corrected chi connectivity index (χ4v) is 4.38. The van der Waals surface area contributed by atoms with E-state index in [1.54, 1.807) is 12.4 Å². The van der Waals surface area contributed by atoms with E-state index in [9.17, 15) is 8.42 Å². The first-order valence-electron chi connectivity index (χ1n) is 6.80. The van der Waals surface area contributed by atoms with E-state index >= 15 is 0 Å². The maximum Gasteiger partial charge on any atom is 0.245 e. The van der Waals surface area contributed by atoms with E-state index in [2.05, 4.69) is 15.3 Å². The largest absolute Gasteiger partial charge is 0.337 e. The van der Waals surface area contributed by atoms with E-state index in [0.29, 0.717) is 30.5 Å². The Morgan fingerprint density at radius 1 is 1.41 bits per heavy atom. The van der Waals surface area contributed by atoms with Crippen molar-refractivity contribution >= 4 is 21.6 Å². The summed E-state index contributed by atoms with van der Waals surface area (Å²) in [5.74, 6) is 0.700. The minimum Gasteiger partial charge on any atom is -0.337 e. The quantitative estimate of drug-likeness (QED) is 0.893. The Bertz CT molecular complexity index is 776. The summed E-state index contributed by atoms with van der Waals surface area (Å²) < 4.78 is 29.1. The lowest BCUT2D eigenvalue weighted by Crippen LogP contribution is -2.49. The van der Waals surface area contributed by atoms with Gasteiger partial charge in [0.15, 0.2) is 0 Å². The Hall–Kier alpha value is -1.48. The fraction of sp³-hybridized carbons (Fsp3) is 0.385. The number of rotatable bonds is 3. The highest BCUT2D eigenvalue weighted by molar-refractivity contribution is 7.89. The number of nitrogens with one attached hydrogen (secondary N) is 1. The topological polar surface area (TPSA) is 80.1 Å². The zero-order valence-corrected chi connectivity index (χ0v) is 13.5. The highest BCUT2D eigenvalue weighted by atomic mass is 35.5. The van der Waals surface area contributed by atoms with Crippen LogP contribution in [0, 0.1) is 0 Å². The number of aryl methyl sites for hydroxylation is 1. The van der Waals surface area contributed by atoms with Gasteiger partial charge >= 0.3 is 0 Å². The van der Waals surface area contributed by atoms with Crippen LogP contribution in [0.3, 0.4) is 0 Å². The maximum absolute atomic E-state index is 12.9. The van der Waals surface area contributed by atoms with Crippen LogP contribution in [0.15, 0.2) is 35.7 Å². The fourth-order valence-electron chi connectivity index (χ4n) is 2.56. The lowest BCUT2D eigenvalue weighted by atomic mass is 10.2. The summed E-state index contributed by atoms with van der Waals surface area (Å²) in [6.45, 7) is 1.47. The molecule has 1 unspecified atom stereocenters.